The van der Waals surface area contributed by atoms with Gasteiger partial charge in [-0.2, -0.15) is 0 Å². The maximum absolute atomic E-state index is 13.7. The van der Waals surface area contributed by atoms with Crippen LogP contribution in [0, 0.1) is 13.8 Å². The molecular formula is C27H32N8O3S. The van der Waals surface area contributed by atoms with Crippen molar-refractivity contribution >= 4 is 26.8 Å². The Kier molecular flexibility index (Phi) is 7.15. The van der Waals surface area contributed by atoms with Crippen molar-refractivity contribution < 1.29 is 8.42 Å². The zero-order chi connectivity index (χ0) is 27.9. The van der Waals surface area contributed by atoms with Gasteiger partial charge in [-0.3, -0.25) is 9.36 Å². The van der Waals surface area contributed by atoms with Crippen LogP contribution >= 0.6 is 0 Å². The molecule has 0 amide bonds. The van der Waals surface area contributed by atoms with Gasteiger partial charge in [0.25, 0.3) is 5.56 Å². The lowest BCUT2D eigenvalue weighted by Gasteiger charge is -2.19. The van der Waals surface area contributed by atoms with Gasteiger partial charge in [0.05, 0.1) is 28.4 Å². The van der Waals surface area contributed by atoms with E-state index < -0.39 is 9.84 Å². The number of aromatic nitrogens is 7. The van der Waals surface area contributed by atoms with Gasteiger partial charge >= 0.3 is 0 Å². The topological polar surface area (TPSA) is 146 Å². The quantitative estimate of drug-likeness (QED) is 0.327. The molecule has 0 radical (unpaired) electrons. The molecule has 1 fully saturated rings. The average molecular weight is 549 g/mol. The third kappa shape index (κ3) is 5.12. The monoisotopic (exact) mass is 548 g/mol. The zero-order valence-electron chi connectivity index (χ0n) is 22.8. The van der Waals surface area contributed by atoms with E-state index in [-0.39, 0.29) is 34.7 Å². The Hall–Kier alpha value is -3.80. The van der Waals surface area contributed by atoms with Crippen LogP contribution in [0.5, 0.6) is 0 Å². The van der Waals surface area contributed by atoms with Gasteiger partial charge in [0, 0.05) is 24.7 Å². The van der Waals surface area contributed by atoms with Crippen molar-refractivity contribution in [2.45, 2.75) is 77.4 Å². The minimum atomic E-state index is -3.39. The van der Waals surface area contributed by atoms with Crippen molar-refractivity contribution in [2.24, 2.45) is 0 Å². The molecule has 1 N–H and O–H groups in total. The molecule has 0 spiro atoms. The molecule has 0 aromatic carbocycles. The zero-order valence-corrected chi connectivity index (χ0v) is 23.6. The van der Waals surface area contributed by atoms with E-state index >= 15 is 0 Å². The van der Waals surface area contributed by atoms with E-state index in [1.165, 1.54) is 12.3 Å². The molecular weight excluding hydrogens is 516 g/mol. The summed E-state index contributed by atoms with van der Waals surface area (Å²) in [6.45, 7) is 9.61. The molecule has 1 aliphatic rings. The highest BCUT2D eigenvalue weighted by molar-refractivity contribution is 7.91. The Balaban J connectivity index is 1.57. The van der Waals surface area contributed by atoms with Crippen molar-refractivity contribution in [3.8, 4) is 11.4 Å². The fourth-order valence-corrected chi connectivity index (χ4v) is 5.29. The summed E-state index contributed by atoms with van der Waals surface area (Å²) in [6.07, 6.45) is 5.95. The van der Waals surface area contributed by atoms with Gasteiger partial charge in [0.1, 0.15) is 11.8 Å². The molecule has 0 bridgehead atoms. The fourth-order valence-electron chi connectivity index (χ4n) is 4.51. The number of pyridine rings is 1. The van der Waals surface area contributed by atoms with E-state index in [1.807, 2.05) is 27.7 Å². The Morgan fingerprint density at radius 2 is 1.82 bits per heavy atom. The lowest BCUT2D eigenvalue weighted by atomic mass is 10.1. The highest BCUT2D eigenvalue weighted by Gasteiger charge is 2.30. The minimum Gasteiger partial charge on any atom is -0.361 e. The SMILES string of the molecule is CC[C@H](C)n1c(=O)c(NCc2ccc(S(=O)(=O)CC)nc2)nc2c(C)nc(-c3c(C)ncnc3C3CC3)nc21. The molecule has 0 aliphatic heterocycles. The van der Waals surface area contributed by atoms with E-state index in [9.17, 15) is 13.2 Å². The molecule has 11 nitrogen and oxygen atoms in total. The number of sulfone groups is 1. The molecule has 12 heteroatoms. The summed E-state index contributed by atoms with van der Waals surface area (Å²) in [6, 6.07) is 3.02. The summed E-state index contributed by atoms with van der Waals surface area (Å²) in [5.74, 6) is 1.04. The lowest BCUT2D eigenvalue weighted by Crippen LogP contribution is -2.29. The predicted molar refractivity (Wildman–Crippen MR) is 148 cm³/mol. The lowest BCUT2D eigenvalue weighted by molar-refractivity contribution is 0.526. The minimum absolute atomic E-state index is 0.0182. The van der Waals surface area contributed by atoms with Crippen LogP contribution in [0.15, 0.2) is 34.5 Å². The van der Waals surface area contributed by atoms with Gasteiger partial charge in [-0.25, -0.2) is 38.3 Å². The smallest absolute Gasteiger partial charge is 0.295 e. The first-order valence-corrected chi connectivity index (χ1v) is 14.8. The molecule has 0 saturated heterocycles. The maximum Gasteiger partial charge on any atom is 0.295 e. The van der Waals surface area contributed by atoms with Gasteiger partial charge in [-0.15, -0.1) is 0 Å². The van der Waals surface area contributed by atoms with E-state index in [0.717, 1.165) is 41.8 Å². The molecule has 4 heterocycles. The number of hydrogen-bond acceptors (Lipinski definition) is 10. The normalized spacial score (nSPS) is 14.5. The summed E-state index contributed by atoms with van der Waals surface area (Å²) in [4.78, 5) is 41.1. The van der Waals surface area contributed by atoms with E-state index in [0.29, 0.717) is 28.6 Å². The summed E-state index contributed by atoms with van der Waals surface area (Å²) in [5, 5.41) is 3.15. The van der Waals surface area contributed by atoms with Crippen LogP contribution in [0.1, 0.15) is 74.6 Å². The molecule has 1 aliphatic carbocycles. The molecule has 0 unspecified atom stereocenters. The van der Waals surface area contributed by atoms with E-state index in [2.05, 4.69) is 25.3 Å². The highest BCUT2D eigenvalue weighted by atomic mass is 32.2. The summed E-state index contributed by atoms with van der Waals surface area (Å²) < 4.78 is 25.8. The van der Waals surface area contributed by atoms with Crippen molar-refractivity contribution in [2.75, 3.05) is 11.1 Å². The Morgan fingerprint density at radius 1 is 1.05 bits per heavy atom. The molecule has 1 saturated carbocycles. The Morgan fingerprint density at radius 3 is 2.46 bits per heavy atom. The summed E-state index contributed by atoms with van der Waals surface area (Å²) in [7, 11) is -3.39. The Bertz CT molecular complexity index is 1710. The molecule has 5 rings (SSSR count). The molecule has 204 valence electrons. The first-order valence-electron chi connectivity index (χ1n) is 13.2. The van der Waals surface area contributed by atoms with Gasteiger partial charge < -0.3 is 5.32 Å². The summed E-state index contributed by atoms with van der Waals surface area (Å²) >= 11 is 0. The fraction of sp³-hybridized carbons (Fsp3) is 0.444. The van der Waals surface area contributed by atoms with Gasteiger partial charge in [0.15, 0.2) is 32.2 Å². The van der Waals surface area contributed by atoms with Crippen LogP contribution in [0.25, 0.3) is 22.6 Å². The average Bonchev–Trinajstić information content (AvgIpc) is 3.77. The van der Waals surface area contributed by atoms with Crippen LogP contribution in [0.2, 0.25) is 0 Å². The van der Waals surface area contributed by atoms with E-state index in [1.54, 1.807) is 23.9 Å². The van der Waals surface area contributed by atoms with Crippen molar-refractivity contribution in [3.63, 3.8) is 0 Å². The standard InChI is InChI=1S/C27H32N8O3S/c1-6-15(3)35-26-22(17(5)32-24(34-26)21-16(4)30-14-31-23(21)19-9-10-19)33-25(27(35)36)29-13-18-8-11-20(28-12-18)39(37,38)7-2/h8,11-12,14-15,19H,6-7,9-10,13H2,1-5H3,(H,29,33)/t15-/m0/s1. The highest BCUT2D eigenvalue weighted by Crippen LogP contribution is 2.43. The molecule has 1 atom stereocenters. The molecule has 4 aromatic heterocycles. The second-order valence-corrected chi connectivity index (χ2v) is 12.2. The van der Waals surface area contributed by atoms with Crippen molar-refractivity contribution in [1.82, 2.24) is 34.5 Å². The third-order valence-electron chi connectivity index (χ3n) is 7.15. The number of fused-ring (bicyclic) bond motifs is 1. The number of hydrogen-bond donors (Lipinski definition) is 1. The second-order valence-electron chi connectivity index (χ2n) is 9.95. The first-order chi connectivity index (χ1) is 18.6. The Labute approximate surface area is 227 Å². The van der Waals surface area contributed by atoms with Crippen LogP contribution in [0.3, 0.4) is 0 Å². The van der Waals surface area contributed by atoms with Crippen LogP contribution < -0.4 is 10.9 Å². The van der Waals surface area contributed by atoms with Crippen molar-refractivity contribution in [1.29, 1.82) is 0 Å². The van der Waals surface area contributed by atoms with Gasteiger partial charge in [-0.05, 0) is 51.7 Å². The van der Waals surface area contributed by atoms with Gasteiger partial charge in [-0.1, -0.05) is 19.9 Å². The number of rotatable bonds is 9. The van der Waals surface area contributed by atoms with E-state index in [4.69, 9.17) is 9.97 Å². The largest absolute Gasteiger partial charge is 0.361 e. The van der Waals surface area contributed by atoms with Crippen LogP contribution in [-0.2, 0) is 16.4 Å². The first kappa shape index (κ1) is 26.8. The van der Waals surface area contributed by atoms with Gasteiger partial charge in [0.2, 0.25) is 0 Å². The van der Waals surface area contributed by atoms with Crippen LogP contribution in [-0.4, -0.2) is 48.6 Å². The second kappa shape index (κ2) is 10.4. The van der Waals surface area contributed by atoms with Crippen LogP contribution in [0.4, 0.5) is 5.82 Å². The van der Waals surface area contributed by atoms with Crippen molar-refractivity contribution in [3.05, 3.63) is 57.7 Å². The number of nitrogens with zero attached hydrogens (tertiary/aromatic N) is 7. The number of anilines is 1. The predicted octanol–water partition coefficient (Wildman–Crippen LogP) is 3.91. The molecule has 39 heavy (non-hydrogen) atoms. The number of aryl methyl sites for hydroxylation is 2. The third-order valence-corrected chi connectivity index (χ3v) is 8.79. The summed E-state index contributed by atoms with van der Waals surface area (Å²) in [5.41, 5.74) is 4.68. The maximum atomic E-state index is 13.7. The molecule has 4 aromatic rings. The number of nitrogens with one attached hydrogen (secondary N) is 1.